The van der Waals surface area contributed by atoms with Gasteiger partial charge in [0.1, 0.15) is 5.52 Å². The third kappa shape index (κ3) is 6.82. The van der Waals surface area contributed by atoms with Gasteiger partial charge in [-0.15, -0.1) is 0 Å². The van der Waals surface area contributed by atoms with Crippen LogP contribution in [-0.4, -0.2) is 29.1 Å². The minimum absolute atomic E-state index is 0.533. The second kappa shape index (κ2) is 16.5. The molecular weight excluding hydrogens is 869 g/mol. The van der Waals surface area contributed by atoms with Gasteiger partial charge in [-0.05, 0) is 70.3 Å². The fraction of sp³-hybridized carbons (Fsp3) is 0. The molecule has 14 aromatic rings. The van der Waals surface area contributed by atoms with Crippen LogP contribution in [0.3, 0.4) is 0 Å². The maximum absolute atomic E-state index is 6.47. The molecule has 0 unspecified atom stereocenters. The molecule has 0 atom stereocenters. The Morgan fingerprint density at radius 3 is 1.31 bits per heavy atom. The number of para-hydroxylation sites is 3. The smallest absolute Gasteiger partial charge is 0.238 e. The van der Waals surface area contributed by atoms with Crippen LogP contribution in [0.15, 0.2) is 247 Å². The highest BCUT2D eigenvalue weighted by atomic mass is 16.3. The average Bonchev–Trinajstić information content (AvgIpc) is 4.15. The first-order valence-electron chi connectivity index (χ1n) is 23.8. The van der Waals surface area contributed by atoms with Crippen molar-refractivity contribution in [3.63, 3.8) is 0 Å². The van der Waals surface area contributed by atoms with E-state index >= 15 is 0 Å². The second-order valence-electron chi connectivity index (χ2n) is 17.8. The monoisotopic (exact) mass is 908 g/mol. The summed E-state index contributed by atoms with van der Waals surface area (Å²) in [5.74, 6) is 2.31. The summed E-state index contributed by atoms with van der Waals surface area (Å²) in [6.07, 6.45) is 0. The van der Waals surface area contributed by atoms with Crippen LogP contribution in [0.25, 0.3) is 134 Å². The third-order valence-corrected chi connectivity index (χ3v) is 13.7. The Bertz CT molecular complexity index is 4190. The number of hydrogen-bond donors (Lipinski definition) is 0. The summed E-state index contributed by atoms with van der Waals surface area (Å²) in [7, 11) is 0. The molecule has 7 nitrogen and oxygen atoms in total. The predicted molar refractivity (Wildman–Crippen MR) is 289 cm³/mol. The van der Waals surface area contributed by atoms with Gasteiger partial charge in [-0.1, -0.05) is 200 Å². The molecule has 0 aliphatic rings. The molecule has 0 saturated heterocycles. The van der Waals surface area contributed by atoms with Crippen molar-refractivity contribution in [2.45, 2.75) is 0 Å². The van der Waals surface area contributed by atoms with Crippen LogP contribution in [0.2, 0.25) is 0 Å². The van der Waals surface area contributed by atoms with E-state index < -0.39 is 0 Å². The average molecular weight is 909 g/mol. The molecule has 0 aliphatic heterocycles. The van der Waals surface area contributed by atoms with Gasteiger partial charge in [0.25, 0.3) is 0 Å². The molecular formula is C64H40N6O. The number of aromatic nitrogens is 6. The van der Waals surface area contributed by atoms with Crippen LogP contribution in [0, 0.1) is 0 Å². The molecule has 0 amide bonds. The number of nitrogens with zero attached hydrogens (tertiary/aromatic N) is 6. The first-order valence-corrected chi connectivity index (χ1v) is 23.8. The Labute approximate surface area is 408 Å². The molecule has 0 bridgehead atoms. The molecule has 0 saturated carbocycles. The largest absolute Gasteiger partial charge is 0.435 e. The highest BCUT2D eigenvalue weighted by Gasteiger charge is 2.24. The number of hydrogen-bond acceptors (Lipinski definition) is 5. The zero-order valence-corrected chi connectivity index (χ0v) is 38.2. The van der Waals surface area contributed by atoms with Crippen LogP contribution >= 0.6 is 0 Å². The third-order valence-electron chi connectivity index (χ3n) is 13.7. The van der Waals surface area contributed by atoms with Gasteiger partial charge in [-0.2, -0.15) is 9.97 Å². The van der Waals surface area contributed by atoms with Gasteiger partial charge in [0.05, 0.1) is 22.1 Å². The fourth-order valence-electron chi connectivity index (χ4n) is 10.3. The first kappa shape index (κ1) is 40.4. The van der Waals surface area contributed by atoms with E-state index in [1.165, 1.54) is 0 Å². The lowest BCUT2D eigenvalue weighted by Gasteiger charge is -2.14. The summed E-state index contributed by atoms with van der Waals surface area (Å²) in [6, 6.07) is 84.6. The van der Waals surface area contributed by atoms with E-state index in [4.69, 9.17) is 24.4 Å². The SMILES string of the molecule is c1ccc(-c2ccc(-c3nc(-c4ccc(-c5ccccc5)cc4)nc(-n4c5ccccc5c5ccc6c7ccccc7n(-c7ccc(-c8cccc9nc(-c%10ccccc%10)oc89)cc7)c6c54)n3)cc2)cc1. The highest BCUT2D eigenvalue weighted by Crippen LogP contribution is 2.42. The minimum Gasteiger partial charge on any atom is -0.435 e. The van der Waals surface area contributed by atoms with E-state index in [2.05, 4.69) is 197 Å². The lowest BCUT2D eigenvalue weighted by atomic mass is 10.0. The fourth-order valence-corrected chi connectivity index (χ4v) is 10.3. The van der Waals surface area contributed by atoms with Crippen LogP contribution in [0.5, 0.6) is 0 Å². The van der Waals surface area contributed by atoms with Crippen LogP contribution in [-0.2, 0) is 0 Å². The van der Waals surface area contributed by atoms with E-state index in [1.807, 2.05) is 54.6 Å². The number of fused-ring (bicyclic) bond motifs is 8. The maximum atomic E-state index is 6.47. The Balaban J connectivity index is 0.979. The Morgan fingerprint density at radius 1 is 0.296 bits per heavy atom. The molecule has 0 spiro atoms. The molecule has 4 aromatic heterocycles. The molecule has 0 radical (unpaired) electrons. The van der Waals surface area contributed by atoms with Crippen molar-refractivity contribution < 1.29 is 4.42 Å². The van der Waals surface area contributed by atoms with Gasteiger partial charge < -0.3 is 8.98 Å². The minimum atomic E-state index is 0.533. The predicted octanol–water partition coefficient (Wildman–Crippen LogP) is 16.2. The van der Waals surface area contributed by atoms with Gasteiger partial charge in [0, 0.05) is 49.5 Å². The molecule has 0 fully saturated rings. The lowest BCUT2D eigenvalue weighted by Crippen LogP contribution is -2.07. The first-order chi connectivity index (χ1) is 35.2. The summed E-state index contributed by atoms with van der Waals surface area (Å²) in [5, 5.41) is 4.49. The summed E-state index contributed by atoms with van der Waals surface area (Å²) in [6.45, 7) is 0. The highest BCUT2D eigenvalue weighted by molar-refractivity contribution is 6.23. The molecule has 0 N–H and O–H groups in total. The second-order valence-corrected chi connectivity index (χ2v) is 17.8. The zero-order chi connectivity index (χ0) is 46.8. The van der Waals surface area contributed by atoms with E-state index in [0.29, 0.717) is 23.5 Å². The number of oxazole rings is 1. The van der Waals surface area contributed by atoms with Crippen LogP contribution < -0.4 is 0 Å². The van der Waals surface area contributed by atoms with Crippen molar-refractivity contribution >= 4 is 54.7 Å². The van der Waals surface area contributed by atoms with Gasteiger partial charge in [-0.25, -0.2) is 9.97 Å². The zero-order valence-electron chi connectivity index (χ0n) is 38.2. The van der Waals surface area contributed by atoms with Crippen molar-refractivity contribution in [1.82, 2.24) is 29.1 Å². The molecule has 14 rings (SSSR count). The summed E-state index contributed by atoms with van der Waals surface area (Å²) >= 11 is 0. The lowest BCUT2D eigenvalue weighted by molar-refractivity contribution is 0.621. The Morgan fingerprint density at radius 2 is 0.746 bits per heavy atom. The van der Waals surface area contributed by atoms with Crippen molar-refractivity contribution in [2.75, 3.05) is 0 Å². The van der Waals surface area contributed by atoms with Gasteiger partial charge in [-0.3, -0.25) is 4.57 Å². The van der Waals surface area contributed by atoms with E-state index in [1.54, 1.807) is 0 Å². The van der Waals surface area contributed by atoms with Gasteiger partial charge in [0.15, 0.2) is 17.2 Å². The molecule has 332 valence electrons. The quantitative estimate of drug-likeness (QED) is 0.152. The normalized spacial score (nSPS) is 11.7. The van der Waals surface area contributed by atoms with Crippen molar-refractivity contribution in [3.8, 4) is 79.2 Å². The van der Waals surface area contributed by atoms with Crippen molar-refractivity contribution in [2.24, 2.45) is 0 Å². The Hall–Kier alpha value is -9.72. The molecule has 4 heterocycles. The molecule has 7 heteroatoms. The van der Waals surface area contributed by atoms with E-state index in [0.717, 1.165) is 110 Å². The summed E-state index contributed by atoms with van der Waals surface area (Å²) < 4.78 is 11.1. The number of benzene rings is 10. The summed E-state index contributed by atoms with van der Waals surface area (Å²) in [5.41, 5.74) is 16.1. The van der Waals surface area contributed by atoms with Crippen molar-refractivity contribution in [3.05, 3.63) is 243 Å². The van der Waals surface area contributed by atoms with Gasteiger partial charge >= 0.3 is 0 Å². The number of rotatable bonds is 8. The van der Waals surface area contributed by atoms with Gasteiger partial charge in [0.2, 0.25) is 11.8 Å². The van der Waals surface area contributed by atoms with Crippen molar-refractivity contribution in [1.29, 1.82) is 0 Å². The maximum Gasteiger partial charge on any atom is 0.238 e. The molecule has 0 aliphatic carbocycles. The molecule has 71 heavy (non-hydrogen) atoms. The van der Waals surface area contributed by atoms with Crippen LogP contribution in [0.1, 0.15) is 0 Å². The van der Waals surface area contributed by atoms with Crippen LogP contribution in [0.4, 0.5) is 0 Å². The van der Waals surface area contributed by atoms with E-state index in [-0.39, 0.29) is 0 Å². The standard InChI is InChI=1S/C64H40N6O/c1-4-15-41(16-5-1)43-27-31-46(32-28-43)61-66-62(47-33-29-44(30-34-47)42-17-6-2-7-18-42)68-64(67-61)70-57-26-13-11-22-52(57)54-40-39-53-51-21-10-12-25-56(51)69(58(53)59(54)70)49-37-35-45(36-38-49)50-23-14-24-55-60(50)71-63(65-55)48-19-8-3-9-20-48/h1-40H. The van der Waals surface area contributed by atoms with E-state index in [9.17, 15) is 0 Å². The topological polar surface area (TPSA) is 74.6 Å². The molecule has 10 aromatic carbocycles. The summed E-state index contributed by atoms with van der Waals surface area (Å²) in [4.78, 5) is 20.9. The Kier molecular flexibility index (Phi) is 9.38.